The predicted octanol–water partition coefficient (Wildman–Crippen LogP) is 2.96. The number of hydrogen-bond donors (Lipinski definition) is 0. The standard InChI is InChI=1S/C14H24N2O/c1-4-6-13(9-15)14(17)16-10-12(5-2)8-7-11(16)3/h11-13H,4-8,10H2,1-3H3. The zero-order chi connectivity index (χ0) is 12.8. The van der Waals surface area contributed by atoms with Crippen molar-refractivity contribution in [2.45, 2.75) is 58.9 Å². The van der Waals surface area contributed by atoms with Crippen molar-refractivity contribution in [3.8, 4) is 6.07 Å². The molecule has 1 amide bonds. The number of likely N-dealkylation sites (tertiary alicyclic amines) is 1. The molecule has 1 fully saturated rings. The lowest BCUT2D eigenvalue weighted by molar-refractivity contribution is -0.138. The summed E-state index contributed by atoms with van der Waals surface area (Å²) in [6.45, 7) is 7.14. The molecule has 1 aliphatic heterocycles. The van der Waals surface area contributed by atoms with Gasteiger partial charge in [-0.25, -0.2) is 0 Å². The van der Waals surface area contributed by atoms with Crippen LogP contribution in [-0.2, 0) is 4.79 Å². The molecular formula is C14H24N2O. The Morgan fingerprint density at radius 3 is 2.71 bits per heavy atom. The first-order chi connectivity index (χ1) is 8.13. The summed E-state index contributed by atoms with van der Waals surface area (Å²) in [4.78, 5) is 14.2. The zero-order valence-electron chi connectivity index (χ0n) is 11.3. The van der Waals surface area contributed by atoms with Crippen LogP contribution in [0.1, 0.15) is 52.9 Å². The van der Waals surface area contributed by atoms with Crippen LogP contribution in [0.2, 0.25) is 0 Å². The smallest absolute Gasteiger partial charge is 0.240 e. The van der Waals surface area contributed by atoms with Crippen LogP contribution in [0.15, 0.2) is 0 Å². The van der Waals surface area contributed by atoms with Crippen molar-refractivity contribution in [3.63, 3.8) is 0 Å². The first-order valence-corrected chi connectivity index (χ1v) is 6.84. The van der Waals surface area contributed by atoms with Gasteiger partial charge >= 0.3 is 0 Å². The highest BCUT2D eigenvalue weighted by molar-refractivity contribution is 5.81. The Bertz CT molecular complexity index is 295. The highest BCUT2D eigenvalue weighted by Crippen LogP contribution is 2.26. The highest BCUT2D eigenvalue weighted by Gasteiger charge is 2.31. The Kier molecular flexibility index (Phi) is 5.47. The molecule has 0 aromatic heterocycles. The van der Waals surface area contributed by atoms with E-state index in [2.05, 4.69) is 19.9 Å². The average Bonchev–Trinajstić information content (AvgIpc) is 2.35. The van der Waals surface area contributed by atoms with Crippen LogP contribution in [0.25, 0.3) is 0 Å². The van der Waals surface area contributed by atoms with E-state index >= 15 is 0 Å². The lowest BCUT2D eigenvalue weighted by Gasteiger charge is -2.38. The number of hydrogen-bond acceptors (Lipinski definition) is 2. The summed E-state index contributed by atoms with van der Waals surface area (Å²) in [5.41, 5.74) is 0. The van der Waals surface area contributed by atoms with E-state index in [0.29, 0.717) is 18.4 Å². The van der Waals surface area contributed by atoms with Gasteiger partial charge in [0.25, 0.3) is 0 Å². The molecular weight excluding hydrogens is 212 g/mol. The minimum absolute atomic E-state index is 0.0556. The molecule has 17 heavy (non-hydrogen) atoms. The van der Waals surface area contributed by atoms with Gasteiger partial charge in [0, 0.05) is 12.6 Å². The van der Waals surface area contributed by atoms with Crippen molar-refractivity contribution in [1.29, 1.82) is 5.26 Å². The van der Waals surface area contributed by atoms with E-state index in [4.69, 9.17) is 5.26 Å². The Hall–Kier alpha value is -1.04. The van der Waals surface area contributed by atoms with Crippen LogP contribution in [0.5, 0.6) is 0 Å². The van der Waals surface area contributed by atoms with Crippen LogP contribution in [0, 0.1) is 23.2 Å². The molecule has 3 unspecified atom stereocenters. The molecule has 1 heterocycles. The second-order valence-corrected chi connectivity index (χ2v) is 5.16. The van der Waals surface area contributed by atoms with E-state index in [1.165, 1.54) is 6.42 Å². The molecule has 3 nitrogen and oxygen atoms in total. The van der Waals surface area contributed by atoms with Crippen LogP contribution >= 0.6 is 0 Å². The molecule has 1 aliphatic rings. The van der Waals surface area contributed by atoms with Gasteiger partial charge < -0.3 is 4.90 Å². The van der Waals surface area contributed by atoms with Gasteiger partial charge in [0.15, 0.2) is 0 Å². The minimum atomic E-state index is -0.432. The highest BCUT2D eigenvalue weighted by atomic mass is 16.2. The molecule has 1 saturated heterocycles. The van der Waals surface area contributed by atoms with E-state index in [0.717, 1.165) is 25.8 Å². The van der Waals surface area contributed by atoms with Crippen molar-refractivity contribution in [3.05, 3.63) is 0 Å². The van der Waals surface area contributed by atoms with E-state index in [-0.39, 0.29) is 5.91 Å². The first-order valence-electron chi connectivity index (χ1n) is 6.84. The maximum Gasteiger partial charge on any atom is 0.240 e. The molecule has 0 radical (unpaired) electrons. The molecule has 0 N–H and O–H groups in total. The van der Waals surface area contributed by atoms with Crippen LogP contribution < -0.4 is 0 Å². The summed E-state index contributed by atoms with van der Waals surface area (Å²) in [5.74, 6) is 0.245. The molecule has 0 spiro atoms. The molecule has 0 aliphatic carbocycles. The quantitative estimate of drug-likeness (QED) is 0.753. The third kappa shape index (κ3) is 3.46. The third-order valence-electron chi connectivity index (χ3n) is 3.87. The minimum Gasteiger partial charge on any atom is -0.339 e. The van der Waals surface area contributed by atoms with Gasteiger partial charge in [0.1, 0.15) is 5.92 Å². The molecule has 3 atom stereocenters. The van der Waals surface area contributed by atoms with Crippen molar-refractivity contribution < 1.29 is 4.79 Å². The number of nitrogens with zero attached hydrogens (tertiary/aromatic N) is 2. The summed E-state index contributed by atoms with van der Waals surface area (Å²) >= 11 is 0. The third-order valence-corrected chi connectivity index (χ3v) is 3.87. The second kappa shape index (κ2) is 6.64. The summed E-state index contributed by atoms with van der Waals surface area (Å²) in [7, 11) is 0. The maximum atomic E-state index is 12.3. The van der Waals surface area contributed by atoms with Crippen molar-refractivity contribution in [2.75, 3.05) is 6.54 Å². The molecule has 0 bridgehead atoms. The van der Waals surface area contributed by atoms with Crippen molar-refractivity contribution in [2.24, 2.45) is 11.8 Å². The summed E-state index contributed by atoms with van der Waals surface area (Å²) < 4.78 is 0. The average molecular weight is 236 g/mol. The molecule has 0 aromatic carbocycles. The fourth-order valence-corrected chi connectivity index (χ4v) is 2.55. The van der Waals surface area contributed by atoms with Crippen LogP contribution in [0.4, 0.5) is 0 Å². The van der Waals surface area contributed by atoms with Gasteiger partial charge in [-0.2, -0.15) is 5.26 Å². The van der Waals surface area contributed by atoms with Gasteiger partial charge in [-0.3, -0.25) is 4.79 Å². The molecule has 0 aromatic rings. The number of rotatable bonds is 4. The summed E-state index contributed by atoms with van der Waals surface area (Å²) in [5, 5.41) is 9.07. The number of amides is 1. The lowest BCUT2D eigenvalue weighted by atomic mass is 9.90. The summed E-state index contributed by atoms with van der Waals surface area (Å²) in [6.07, 6.45) is 5.00. The normalized spacial score (nSPS) is 26.4. The topological polar surface area (TPSA) is 44.1 Å². The van der Waals surface area contributed by atoms with Gasteiger partial charge in [0.2, 0.25) is 5.91 Å². The Morgan fingerprint density at radius 1 is 1.47 bits per heavy atom. The Morgan fingerprint density at radius 2 is 2.18 bits per heavy atom. The summed E-state index contributed by atoms with van der Waals surface area (Å²) in [6, 6.07) is 2.47. The fraction of sp³-hybridized carbons (Fsp3) is 0.857. The molecule has 1 rings (SSSR count). The largest absolute Gasteiger partial charge is 0.339 e. The molecule has 0 saturated carbocycles. The van der Waals surface area contributed by atoms with E-state index in [1.807, 2.05) is 11.8 Å². The first kappa shape index (κ1) is 14.0. The second-order valence-electron chi connectivity index (χ2n) is 5.16. The SMILES string of the molecule is CCCC(C#N)C(=O)N1CC(CC)CCC1C. The number of nitriles is 1. The van der Waals surface area contributed by atoms with Gasteiger partial charge in [0.05, 0.1) is 6.07 Å². The Balaban J connectivity index is 2.68. The fourth-order valence-electron chi connectivity index (χ4n) is 2.55. The predicted molar refractivity (Wildman–Crippen MR) is 68.2 cm³/mol. The molecule has 96 valence electrons. The van der Waals surface area contributed by atoms with E-state index in [9.17, 15) is 4.79 Å². The molecule has 3 heteroatoms. The van der Waals surface area contributed by atoms with Crippen molar-refractivity contribution >= 4 is 5.91 Å². The van der Waals surface area contributed by atoms with Gasteiger partial charge in [-0.05, 0) is 32.1 Å². The van der Waals surface area contributed by atoms with E-state index in [1.54, 1.807) is 0 Å². The van der Waals surface area contributed by atoms with Crippen molar-refractivity contribution in [1.82, 2.24) is 4.90 Å². The Labute approximate surface area is 105 Å². The maximum absolute atomic E-state index is 12.3. The lowest BCUT2D eigenvalue weighted by Crippen LogP contribution is -2.47. The van der Waals surface area contributed by atoms with Crippen LogP contribution in [-0.4, -0.2) is 23.4 Å². The number of piperidine rings is 1. The monoisotopic (exact) mass is 236 g/mol. The van der Waals surface area contributed by atoms with E-state index < -0.39 is 5.92 Å². The number of carbonyl (C=O) groups excluding carboxylic acids is 1. The van der Waals surface area contributed by atoms with Gasteiger partial charge in [-0.1, -0.05) is 26.7 Å². The van der Waals surface area contributed by atoms with Gasteiger partial charge in [-0.15, -0.1) is 0 Å². The zero-order valence-corrected chi connectivity index (χ0v) is 11.3. The van der Waals surface area contributed by atoms with Crippen LogP contribution in [0.3, 0.4) is 0 Å². The number of carbonyl (C=O) groups is 1.